The SMILES string of the molecule is CC(C)(C)[Si](C)(C)OC/C=C(\C(=O)c1ccccc1)[Si](C)(C)c1ccccc1. The van der Waals surface area contributed by atoms with E-state index >= 15 is 0 Å². The van der Waals surface area contributed by atoms with E-state index in [4.69, 9.17) is 4.43 Å². The molecular formula is C24H34O2Si2. The Labute approximate surface area is 172 Å². The predicted molar refractivity (Wildman–Crippen MR) is 126 cm³/mol. The Kier molecular flexibility index (Phi) is 7.02. The van der Waals surface area contributed by atoms with Crippen molar-refractivity contribution in [1.29, 1.82) is 0 Å². The molecular weight excluding hydrogens is 376 g/mol. The number of hydrogen-bond donors (Lipinski definition) is 0. The van der Waals surface area contributed by atoms with Crippen molar-refractivity contribution in [2.75, 3.05) is 6.61 Å². The van der Waals surface area contributed by atoms with Crippen molar-refractivity contribution in [1.82, 2.24) is 0 Å². The van der Waals surface area contributed by atoms with Crippen LogP contribution >= 0.6 is 0 Å². The van der Waals surface area contributed by atoms with Gasteiger partial charge in [-0.05, 0) is 23.3 Å². The maximum absolute atomic E-state index is 13.4. The van der Waals surface area contributed by atoms with Crippen LogP contribution in [-0.2, 0) is 4.43 Å². The minimum Gasteiger partial charge on any atom is -0.413 e. The van der Waals surface area contributed by atoms with Crippen LogP contribution in [0.5, 0.6) is 0 Å². The molecule has 4 heteroatoms. The van der Waals surface area contributed by atoms with Gasteiger partial charge in [-0.25, -0.2) is 0 Å². The quantitative estimate of drug-likeness (QED) is 0.319. The summed E-state index contributed by atoms with van der Waals surface area (Å²) in [7, 11) is -4.01. The van der Waals surface area contributed by atoms with Gasteiger partial charge in [-0.3, -0.25) is 4.79 Å². The summed E-state index contributed by atoms with van der Waals surface area (Å²) >= 11 is 0. The number of hydrogen-bond acceptors (Lipinski definition) is 2. The van der Waals surface area contributed by atoms with E-state index in [1.54, 1.807) is 0 Å². The van der Waals surface area contributed by atoms with Crippen LogP contribution in [0, 0.1) is 0 Å². The van der Waals surface area contributed by atoms with Gasteiger partial charge in [-0.15, -0.1) is 0 Å². The summed E-state index contributed by atoms with van der Waals surface area (Å²) in [4.78, 5) is 13.4. The van der Waals surface area contributed by atoms with Crippen LogP contribution in [0.3, 0.4) is 0 Å². The second-order valence-corrected chi connectivity index (χ2v) is 18.6. The van der Waals surface area contributed by atoms with Gasteiger partial charge in [0.25, 0.3) is 0 Å². The Bertz CT molecular complexity index is 817. The van der Waals surface area contributed by atoms with Crippen LogP contribution in [0.15, 0.2) is 71.9 Å². The lowest BCUT2D eigenvalue weighted by atomic mass is 10.1. The molecule has 0 aliphatic rings. The van der Waals surface area contributed by atoms with E-state index in [0.29, 0.717) is 6.61 Å². The Hall–Kier alpha value is -1.76. The fourth-order valence-electron chi connectivity index (χ4n) is 2.94. The van der Waals surface area contributed by atoms with E-state index in [1.165, 1.54) is 5.19 Å². The van der Waals surface area contributed by atoms with Crippen molar-refractivity contribution < 1.29 is 9.22 Å². The molecule has 0 radical (unpaired) electrons. The highest BCUT2D eigenvalue weighted by atomic mass is 28.4. The average molecular weight is 411 g/mol. The molecule has 2 nitrogen and oxygen atoms in total. The summed E-state index contributed by atoms with van der Waals surface area (Å²) in [6, 6.07) is 20.0. The normalized spacial score (nSPS) is 13.5. The predicted octanol–water partition coefficient (Wildman–Crippen LogP) is 5.97. The first kappa shape index (κ1) is 22.5. The molecule has 0 N–H and O–H groups in total. The number of rotatable bonds is 7. The molecule has 0 spiro atoms. The van der Waals surface area contributed by atoms with Crippen LogP contribution in [0.1, 0.15) is 31.1 Å². The van der Waals surface area contributed by atoms with Crippen LogP contribution < -0.4 is 5.19 Å². The minimum absolute atomic E-state index is 0.125. The highest BCUT2D eigenvalue weighted by Crippen LogP contribution is 2.36. The molecule has 2 rings (SSSR count). The summed E-state index contributed by atoms with van der Waals surface area (Å²) in [5.41, 5.74) is 0.748. The van der Waals surface area contributed by atoms with E-state index in [2.05, 4.69) is 77.3 Å². The summed E-state index contributed by atoms with van der Waals surface area (Å²) in [5, 5.41) is 2.33. The number of carbonyl (C=O) groups is 1. The largest absolute Gasteiger partial charge is 0.413 e. The van der Waals surface area contributed by atoms with Gasteiger partial charge in [-0.2, -0.15) is 0 Å². The maximum Gasteiger partial charge on any atom is 0.192 e. The van der Waals surface area contributed by atoms with Crippen LogP contribution in [0.2, 0.25) is 31.2 Å². The van der Waals surface area contributed by atoms with Crippen LogP contribution in [0.25, 0.3) is 0 Å². The lowest BCUT2D eigenvalue weighted by Crippen LogP contribution is -2.47. The summed E-state index contributed by atoms with van der Waals surface area (Å²) in [5.74, 6) is 0.125. The van der Waals surface area contributed by atoms with Gasteiger partial charge in [0.15, 0.2) is 14.1 Å². The molecule has 0 aliphatic heterocycles. The van der Waals surface area contributed by atoms with E-state index in [0.717, 1.165) is 10.8 Å². The monoisotopic (exact) mass is 410 g/mol. The van der Waals surface area contributed by atoms with Crippen molar-refractivity contribution in [3.63, 3.8) is 0 Å². The van der Waals surface area contributed by atoms with E-state index in [9.17, 15) is 4.79 Å². The molecule has 0 aliphatic carbocycles. The van der Waals surface area contributed by atoms with Crippen molar-refractivity contribution in [2.24, 2.45) is 0 Å². The number of ketones is 1. The maximum atomic E-state index is 13.4. The second kappa shape index (κ2) is 8.72. The molecule has 0 saturated carbocycles. The van der Waals surface area contributed by atoms with Gasteiger partial charge in [0.1, 0.15) is 8.07 Å². The Balaban J connectivity index is 2.41. The summed E-state index contributed by atoms with van der Waals surface area (Å²) in [6.45, 7) is 16.2. The fourth-order valence-corrected chi connectivity index (χ4v) is 6.51. The molecule has 0 fully saturated rings. The number of carbonyl (C=O) groups excluding carboxylic acids is 1. The smallest absolute Gasteiger partial charge is 0.192 e. The standard InChI is InChI=1S/C24H34O2Si2/c1-24(2,3)28(6,7)26-19-18-22(23(25)20-14-10-8-11-15-20)27(4,5)21-16-12-9-13-17-21/h8-18H,19H2,1-7H3/b22-18+. The second-order valence-electron chi connectivity index (χ2n) is 9.38. The minimum atomic E-state index is -2.15. The molecule has 28 heavy (non-hydrogen) atoms. The first-order valence-electron chi connectivity index (χ1n) is 9.97. The molecule has 0 aromatic heterocycles. The first-order valence-corrected chi connectivity index (χ1v) is 15.9. The van der Waals surface area contributed by atoms with E-state index in [1.807, 2.05) is 36.4 Å². The van der Waals surface area contributed by atoms with Crippen molar-refractivity contribution >= 4 is 27.4 Å². The highest BCUT2D eigenvalue weighted by Gasteiger charge is 2.37. The number of allylic oxidation sites excluding steroid dienone is 1. The number of benzene rings is 2. The molecule has 0 amide bonds. The Morgan fingerprint density at radius 3 is 1.89 bits per heavy atom. The first-order chi connectivity index (χ1) is 13.0. The Morgan fingerprint density at radius 1 is 0.893 bits per heavy atom. The lowest BCUT2D eigenvalue weighted by Gasteiger charge is -2.36. The third kappa shape index (κ3) is 5.19. The van der Waals surface area contributed by atoms with Gasteiger partial charge in [0, 0.05) is 5.56 Å². The zero-order chi connectivity index (χ0) is 21.0. The third-order valence-corrected chi connectivity index (χ3v) is 14.0. The van der Waals surface area contributed by atoms with Crippen molar-refractivity contribution in [2.45, 2.75) is 52.0 Å². The van der Waals surface area contributed by atoms with Crippen LogP contribution in [0.4, 0.5) is 0 Å². The van der Waals surface area contributed by atoms with Crippen molar-refractivity contribution in [3.05, 3.63) is 77.5 Å². The molecule has 150 valence electrons. The van der Waals surface area contributed by atoms with Crippen LogP contribution in [-0.4, -0.2) is 28.8 Å². The van der Waals surface area contributed by atoms with Gasteiger partial charge in [-0.1, -0.05) is 106 Å². The molecule has 0 bridgehead atoms. The molecule has 2 aromatic rings. The lowest BCUT2D eigenvalue weighted by molar-refractivity contribution is 0.104. The number of Topliss-reactive ketones (excluding diaryl/α,β-unsaturated/α-hetero) is 1. The zero-order valence-electron chi connectivity index (χ0n) is 18.4. The summed E-state index contributed by atoms with van der Waals surface area (Å²) < 4.78 is 6.37. The average Bonchev–Trinajstić information content (AvgIpc) is 2.65. The fraction of sp³-hybridized carbons (Fsp3) is 0.375. The topological polar surface area (TPSA) is 26.3 Å². The molecule has 0 heterocycles. The van der Waals surface area contributed by atoms with E-state index < -0.39 is 16.4 Å². The van der Waals surface area contributed by atoms with Gasteiger partial charge in [0.05, 0.1) is 6.61 Å². The molecule has 0 saturated heterocycles. The summed E-state index contributed by atoms with van der Waals surface area (Å²) in [6.07, 6.45) is 2.06. The molecule has 2 aromatic carbocycles. The van der Waals surface area contributed by atoms with Crippen molar-refractivity contribution in [3.8, 4) is 0 Å². The highest BCUT2D eigenvalue weighted by molar-refractivity contribution is 6.99. The van der Waals surface area contributed by atoms with Gasteiger partial charge in [0.2, 0.25) is 0 Å². The van der Waals surface area contributed by atoms with E-state index in [-0.39, 0.29) is 10.8 Å². The van der Waals surface area contributed by atoms with Gasteiger partial charge >= 0.3 is 0 Å². The zero-order valence-corrected chi connectivity index (χ0v) is 20.4. The molecule has 0 atom stereocenters. The van der Waals surface area contributed by atoms with Gasteiger partial charge < -0.3 is 4.43 Å². The third-order valence-electron chi connectivity index (χ3n) is 5.99. The Morgan fingerprint density at radius 2 is 1.39 bits per heavy atom. The molecule has 0 unspecified atom stereocenters.